The molecule has 0 saturated heterocycles. The van der Waals surface area contributed by atoms with E-state index < -0.39 is 17.2 Å². The second-order valence-electron chi connectivity index (χ2n) is 5.20. The lowest BCUT2D eigenvalue weighted by atomic mass is 9.78. The van der Waals surface area contributed by atoms with Crippen LogP contribution in [0.15, 0.2) is 18.5 Å². The van der Waals surface area contributed by atoms with Gasteiger partial charge in [-0.25, -0.2) is 0 Å². The Balaban J connectivity index is 3.16. The number of aromatic nitrogens is 1. The first-order valence-electron chi connectivity index (χ1n) is 5.87. The van der Waals surface area contributed by atoms with Gasteiger partial charge in [-0.1, -0.05) is 13.8 Å². The van der Waals surface area contributed by atoms with Gasteiger partial charge in [-0.15, -0.1) is 0 Å². The highest BCUT2D eigenvalue weighted by atomic mass is 19.4. The number of alkyl halides is 3. The summed E-state index contributed by atoms with van der Waals surface area (Å²) in [5, 5.41) is 3.05. The van der Waals surface area contributed by atoms with Gasteiger partial charge in [-0.3, -0.25) is 4.98 Å². The van der Waals surface area contributed by atoms with Crippen LogP contribution in [0.1, 0.15) is 38.3 Å². The zero-order chi connectivity index (χ0) is 14.0. The molecule has 1 rings (SSSR count). The van der Waals surface area contributed by atoms with E-state index in [0.717, 1.165) is 6.07 Å². The molecular formula is C13H19F3N2. The van der Waals surface area contributed by atoms with Gasteiger partial charge in [0.2, 0.25) is 0 Å². The van der Waals surface area contributed by atoms with E-state index in [-0.39, 0.29) is 11.6 Å². The van der Waals surface area contributed by atoms with Crippen LogP contribution in [0.25, 0.3) is 0 Å². The van der Waals surface area contributed by atoms with E-state index >= 15 is 0 Å². The molecule has 0 amide bonds. The van der Waals surface area contributed by atoms with Crippen molar-refractivity contribution < 1.29 is 13.2 Å². The van der Waals surface area contributed by atoms with Gasteiger partial charge in [0.05, 0.1) is 5.56 Å². The normalized spacial score (nSPS) is 14.6. The van der Waals surface area contributed by atoms with Gasteiger partial charge in [0.15, 0.2) is 0 Å². The van der Waals surface area contributed by atoms with Gasteiger partial charge >= 0.3 is 6.18 Å². The van der Waals surface area contributed by atoms with Crippen LogP contribution in [0.2, 0.25) is 0 Å². The molecule has 0 aliphatic carbocycles. The highest BCUT2D eigenvalue weighted by Crippen LogP contribution is 2.38. The molecule has 0 aromatic carbocycles. The first-order chi connectivity index (χ1) is 8.18. The molecule has 0 spiro atoms. The van der Waals surface area contributed by atoms with E-state index in [4.69, 9.17) is 0 Å². The first kappa shape index (κ1) is 15.0. The lowest BCUT2D eigenvalue weighted by Gasteiger charge is -2.30. The molecule has 102 valence electrons. The zero-order valence-corrected chi connectivity index (χ0v) is 11.1. The maximum atomic E-state index is 13.0. The molecule has 1 unspecified atom stereocenters. The molecule has 1 N–H and O–H groups in total. The van der Waals surface area contributed by atoms with Crippen LogP contribution in [0.3, 0.4) is 0 Å². The van der Waals surface area contributed by atoms with Crippen LogP contribution in [0.5, 0.6) is 0 Å². The summed E-state index contributed by atoms with van der Waals surface area (Å²) in [6.45, 7) is 5.57. The van der Waals surface area contributed by atoms with Crippen LogP contribution in [0, 0.1) is 0 Å². The maximum absolute atomic E-state index is 13.0. The monoisotopic (exact) mass is 260 g/mol. The van der Waals surface area contributed by atoms with Crippen molar-refractivity contribution in [1.82, 2.24) is 10.3 Å². The average molecular weight is 260 g/mol. The standard InChI is InChI=1S/C13H19F3N2/c1-9(17-4)7-12(2,3)11-8-18-6-5-10(11)13(14,15)16/h5-6,8-9,17H,7H2,1-4H3. The van der Waals surface area contributed by atoms with E-state index in [1.165, 1.54) is 12.4 Å². The summed E-state index contributed by atoms with van der Waals surface area (Å²) in [6.07, 6.45) is -1.22. The molecule has 18 heavy (non-hydrogen) atoms. The Bertz CT molecular complexity index is 399. The Morgan fingerprint density at radius 3 is 2.39 bits per heavy atom. The van der Waals surface area contributed by atoms with Gasteiger partial charge in [-0.2, -0.15) is 13.2 Å². The van der Waals surface area contributed by atoms with Crippen molar-refractivity contribution in [1.29, 1.82) is 0 Å². The first-order valence-corrected chi connectivity index (χ1v) is 5.87. The van der Waals surface area contributed by atoms with E-state index in [2.05, 4.69) is 10.3 Å². The summed E-state index contributed by atoms with van der Waals surface area (Å²) in [5.74, 6) is 0. The molecule has 1 heterocycles. The Morgan fingerprint density at radius 1 is 1.28 bits per heavy atom. The highest BCUT2D eigenvalue weighted by Gasteiger charge is 2.38. The van der Waals surface area contributed by atoms with Crippen LogP contribution in [-0.2, 0) is 11.6 Å². The van der Waals surface area contributed by atoms with Crippen LogP contribution in [0.4, 0.5) is 13.2 Å². The fraction of sp³-hybridized carbons (Fsp3) is 0.615. The molecular weight excluding hydrogens is 241 g/mol. The maximum Gasteiger partial charge on any atom is 0.416 e. The quantitative estimate of drug-likeness (QED) is 0.897. The summed E-state index contributed by atoms with van der Waals surface area (Å²) in [6, 6.07) is 1.18. The molecule has 0 saturated carbocycles. The van der Waals surface area contributed by atoms with Crippen LogP contribution < -0.4 is 5.32 Å². The van der Waals surface area contributed by atoms with Crippen molar-refractivity contribution in [3.63, 3.8) is 0 Å². The lowest BCUT2D eigenvalue weighted by molar-refractivity contribution is -0.138. The van der Waals surface area contributed by atoms with Crippen molar-refractivity contribution >= 4 is 0 Å². The third-order valence-corrected chi connectivity index (χ3v) is 3.16. The smallest absolute Gasteiger partial charge is 0.317 e. The van der Waals surface area contributed by atoms with Gasteiger partial charge in [0, 0.05) is 18.4 Å². The van der Waals surface area contributed by atoms with Crippen molar-refractivity contribution in [2.75, 3.05) is 7.05 Å². The third-order valence-electron chi connectivity index (χ3n) is 3.16. The summed E-state index contributed by atoms with van der Waals surface area (Å²) < 4.78 is 38.9. The lowest BCUT2D eigenvalue weighted by Crippen LogP contribution is -2.32. The predicted octanol–water partition coefficient (Wildman–Crippen LogP) is 3.38. The third kappa shape index (κ3) is 3.45. The zero-order valence-electron chi connectivity index (χ0n) is 11.1. The minimum atomic E-state index is -4.33. The molecule has 1 aromatic rings. The number of hydrogen-bond donors (Lipinski definition) is 1. The molecule has 0 fully saturated rings. The Kier molecular flexibility index (Phi) is 4.37. The summed E-state index contributed by atoms with van der Waals surface area (Å²) in [7, 11) is 1.80. The molecule has 1 aromatic heterocycles. The molecule has 0 radical (unpaired) electrons. The van der Waals surface area contributed by atoms with Crippen LogP contribution in [-0.4, -0.2) is 18.1 Å². The summed E-state index contributed by atoms with van der Waals surface area (Å²) >= 11 is 0. The van der Waals surface area contributed by atoms with E-state index in [9.17, 15) is 13.2 Å². The predicted molar refractivity (Wildman–Crippen MR) is 65.4 cm³/mol. The fourth-order valence-electron chi connectivity index (χ4n) is 2.16. The molecule has 1 atom stereocenters. The van der Waals surface area contributed by atoms with E-state index in [1.54, 1.807) is 7.05 Å². The highest BCUT2D eigenvalue weighted by molar-refractivity contribution is 5.32. The van der Waals surface area contributed by atoms with Gasteiger partial charge in [-0.05, 0) is 37.4 Å². The van der Waals surface area contributed by atoms with Crippen molar-refractivity contribution in [3.05, 3.63) is 29.6 Å². The number of nitrogens with zero attached hydrogens (tertiary/aromatic N) is 1. The minimum absolute atomic E-state index is 0.140. The van der Waals surface area contributed by atoms with Crippen molar-refractivity contribution in [3.8, 4) is 0 Å². The summed E-state index contributed by atoms with van der Waals surface area (Å²) in [4.78, 5) is 3.84. The van der Waals surface area contributed by atoms with Gasteiger partial charge in [0.25, 0.3) is 0 Å². The number of hydrogen-bond acceptors (Lipinski definition) is 2. The van der Waals surface area contributed by atoms with Gasteiger partial charge in [0.1, 0.15) is 0 Å². The molecule has 0 aliphatic heterocycles. The Morgan fingerprint density at radius 2 is 1.89 bits per heavy atom. The SMILES string of the molecule is CNC(C)CC(C)(C)c1cnccc1C(F)(F)F. The second-order valence-corrected chi connectivity index (χ2v) is 5.20. The number of rotatable bonds is 4. The topological polar surface area (TPSA) is 24.9 Å². The molecule has 0 aliphatic rings. The average Bonchev–Trinajstić information content (AvgIpc) is 2.27. The largest absolute Gasteiger partial charge is 0.416 e. The molecule has 2 nitrogen and oxygen atoms in total. The Labute approximate surface area is 106 Å². The van der Waals surface area contributed by atoms with E-state index in [1.807, 2.05) is 20.8 Å². The fourth-order valence-corrected chi connectivity index (χ4v) is 2.16. The van der Waals surface area contributed by atoms with E-state index in [0.29, 0.717) is 6.42 Å². The second kappa shape index (κ2) is 5.26. The van der Waals surface area contributed by atoms with Crippen molar-refractivity contribution in [2.45, 2.75) is 44.8 Å². The molecule has 0 bridgehead atoms. The molecule has 5 heteroatoms. The Hall–Kier alpha value is -1.10. The summed E-state index contributed by atoms with van der Waals surface area (Å²) in [5.41, 5.74) is -0.924. The number of pyridine rings is 1. The minimum Gasteiger partial charge on any atom is -0.317 e. The van der Waals surface area contributed by atoms with Gasteiger partial charge < -0.3 is 5.32 Å². The van der Waals surface area contributed by atoms with Crippen LogP contribution >= 0.6 is 0 Å². The van der Waals surface area contributed by atoms with Crippen molar-refractivity contribution in [2.24, 2.45) is 0 Å². The number of nitrogens with one attached hydrogen (secondary N) is 1. The number of halogens is 3.